The predicted octanol–water partition coefficient (Wildman–Crippen LogP) is 2.18. The van der Waals surface area contributed by atoms with Crippen LogP contribution in [0, 0.1) is 13.8 Å². The molecule has 1 aliphatic rings. The monoisotopic (exact) mass is 270 g/mol. The second kappa shape index (κ2) is 4.94. The minimum Gasteiger partial charge on any atom is -0.398 e. The van der Waals surface area contributed by atoms with E-state index in [9.17, 15) is 0 Å². The summed E-state index contributed by atoms with van der Waals surface area (Å²) in [5.74, 6) is 0. The molecule has 0 spiro atoms. The fourth-order valence-electron chi connectivity index (χ4n) is 3.10. The van der Waals surface area contributed by atoms with Crippen molar-refractivity contribution in [2.24, 2.45) is 7.05 Å². The SMILES string of the molecule is Cc1nn(C)c(C)c1CN1CCc2c(N)cccc2C1. The highest BCUT2D eigenvalue weighted by molar-refractivity contribution is 5.51. The molecule has 0 bridgehead atoms. The van der Waals surface area contributed by atoms with E-state index >= 15 is 0 Å². The normalized spacial score (nSPS) is 15.3. The van der Waals surface area contributed by atoms with Crippen LogP contribution in [0.1, 0.15) is 28.1 Å². The van der Waals surface area contributed by atoms with E-state index in [-0.39, 0.29) is 0 Å². The maximum atomic E-state index is 6.06. The van der Waals surface area contributed by atoms with Crippen LogP contribution in [0.2, 0.25) is 0 Å². The van der Waals surface area contributed by atoms with E-state index in [1.165, 1.54) is 22.4 Å². The molecule has 4 nitrogen and oxygen atoms in total. The average Bonchev–Trinajstić information content (AvgIpc) is 2.66. The van der Waals surface area contributed by atoms with Gasteiger partial charge in [-0.05, 0) is 37.5 Å². The van der Waals surface area contributed by atoms with E-state index in [2.05, 4.69) is 36.0 Å². The third-order valence-electron chi connectivity index (χ3n) is 4.42. The maximum Gasteiger partial charge on any atom is 0.0641 e. The van der Waals surface area contributed by atoms with Crippen LogP contribution in [-0.2, 0) is 26.6 Å². The van der Waals surface area contributed by atoms with Gasteiger partial charge in [-0.25, -0.2) is 0 Å². The molecule has 1 aromatic carbocycles. The van der Waals surface area contributed by atoms with E-state index in [1.807, 2.05) is 17.8 Å². The zero-order chi connectivity index (χ0) is 14.3. The summed E-state index contributed by atoms with van der Waals surface area (Å²) in [5, 5.41) is 4.50. The number of aryl methyl sites for hydroxylation is 2. The standard InChI is InChI=1S/C16H22N4/c1-11-15(12(2)19(3)18-11)10-20-8-7-14-13(9-20)5-4-6-16(14)17/h4-6H,7-10,17H2,1-3H3. The van der Waals surface area contributed by atoms with Gasteiger partial charge in [0.05, 0.1) is 5.69 Å². The summed E-state index contributed by atoms with van der Waals surface area (Å²) < 4.78 is 1.97. The lowest BCUT2D eigenvalue weighted by Gasteiger charge is -2.29. The molecule has 1 aromatic heterocycles. The Hall–Kier alpha value is -1.81. The van der Waals surface area contributed by atoms with Gasteiger partial charge in [0.1, 0.15) is 0 Å². The smallest absolute Gasteiger partial charge is 0.0641 e. The Morgan fingerprint density at radius 2 is 2.10 bits per heavy atom. The number of nitrogens with two attached hydrogens (primary N) is 1. The minimum atomic E-state index is 0.941. The molecule has 20 heavy (non-hydrogen) atoms. The van der Waals surface area contributed by atoms with Crippen molar-refractivity contribution in [3.63, 3.8) is 0 Å². The molecule has 3 rings (SSSR count). The van der Waals surface area contributed by atoms with Crippen LogP contribution in [0.5, 0.6) is 0 Å². The van der Waals surface area contributed by atoms with Crippen LogP contribution in [0.15, 0.2) is 18.2 Å². The number of benzene rings is 1. The number of anilines is 1. The summed E-state index contributed by atoms with van der Waals surface area (Å²) in [6.07, 6.45) is 1.04. The topological polar surface area (TPSA) is 47.1 Å². The van der Waals surface area contributed by atoms with Gasteiger partial charge < -0.3 is 5.73 Å². The maximum absolute atomic E-state index is 6.06. The molecule has 0 atom stereocenters. The molecule has 4 heteroatoms. The molecule has 1 aliphatic heterocycles. The average molecular weight is 270 g/mol. The number of aromatic nitrogens is 2. The lowest BCUT2D eigenvalue weighted by atomic mass is 9.97. The van der Waals surface area contributed by atoms with Gasteiger partial charge in [0, 0.05) is 43.6 Å². The first-order chi connectivity index (χ1) is 9.56. The first-order valence-corrected chi connectivity index (χ1v) is 7.14. The van der Waals surface area contributed by atoms with Crippen LogP contribution in [0.25, 0.3) is 0 Å². The molecular weight excluding hydrogens is 248 g/mol. The van der Waals surface area contributed by atoms with Crippen molar-refractivity contribution in [1.29, 1.82) is 0 Å². The van der Waals surface area contributed by atoms with Crippen molar-refractivity contribution in [1.82, 2.24) is 14.7 Å². The van der Waals surface area contributed by atoms with Crippen molar-refractivity contribution in [2.45, 2.75) is 33.4 Å². The molecule has 0 radical (unpaired) electrons. The zero-order valence-electron chi connectivity index (χ0n) is 12.5. The largest absolute Gasteiger partial charge is 0.398 e. The Bertz CT molecular complexity index is 642. The summed E-state index contributed by atoms with van der Waals surface area (Å²) in [6.45, 7) is 7.26. The van der Waals surface area contributed by atoms with E-state index in [1.54, 1.807) is 0 Å². The lowest BCUT2D eigenvalue weighted by molar-refractivity contribution is 0.245. The van der Waals surface area contributed by atoms with Gasteiger partial charge in [-0.15, -0.1) is 0 Å². The van der Waals surface area contributed by atoms with Crippen LogP contribution < -0.4 is 5.73 Å². The van der Waals surface area contributed by atoms with Gasteiger partial charge in [0.15, 0.2) is 0 Å². The van der Waals surface area contributed by atoms with Gasteiger partial charge in [-0.2, -0.15) is 5.10 Å². The quantitative estimate of drug-likeness (QED) is 0.851. The minimum absolute atomic E-state index is 0.941. The molecule has 0 amide bonds. The Balaban J connectivity index is 1.81. The van der Waals surface area contributed by atoms with E-state index in [0.29, 0.717) is 0 Å². The number of nitrogen functional groups attached to an aromatic ring is 1. The van der Waals surface area contributed by atoms with Crippen molar-refractivity contribution in [3.05, 3.63) is 46.3 Å². The molecule has 2 heterocycles. The summed E-state index contributed by atoms with van der Waals surface area (Å²) in [7, 11) is 2.01. The van der Waals surface area contributed by atoms with Crippen molar-refractivity contribution >= 4 is 5.69 Å². The molecule has 2 N–H and O–H groups in total. The highest BCUT2D eigenvalue weighted by atomic mass is 15.3. The van der Waals surface area contributed by atoms with Gasteiger partial charge in [0.25, 0.3) is 0 Å². The summed E-state index contributed by atoms with van der Waals surface area (Å²) in [6, 6.07) is 6.25. The van der Waals surface area contributed by atoms with Crippen LogP contribution in [-0.4, -0.2) is 21.2 Å². The summed E-state index contributed by atoms with van der Waals surface area (Å²) in [4.78, 5) is 2.48. The fourth-order valence-corrected chi connectivity index (χ4v) is 3.10. The second-order valence-corrected chi connectivity index (χ2v) is 5.72. The van der Waals surface area contributed by atoms with E-state index in [4.69, 9.17) is 5.73 Å². The third kappa shape index (κ3) is 2.20. The number of nitrogens with zero attached hydrogens (tertiary/aromatic N) is 3. The van der Waals surface area contributed by atoms with E-state index < -0.39 is 0 Å². The Morgan fingerprint density at radius 1 is 1.30 bits per heavy atom. The molecule has 0 unspecified atom stereocenters. The van der Waals surface area contributed by atoms with Crippen LogP contribution >= 0.6 is 0 Å². The second-order valence-electron chi connectivity index (χ2n) is 5.72. The number of hydrogen-bond donors (Lipinski definition) is 1. The van der Waals surface area contributed by atoms with Gasteiger partial charge in [-0.1, -0.05) is 12.1 Å². The first-order valence-electron chi connectivity index (χ1n) is 7.14. The van der Waals surface area contributed by atoms with Gasteiger partial charge >= 0.3 is 0 Å². The molecule has 0 saturated carbocycles. The van der Waals surface area contributed by atoms with Gasteiger partial charge in [-0.3, -0.25) is 9.58 Å². The molecule has 0 saturated heterocycles. The van der Waals surface area contributed by atoms with Crippen molar-refractivity contribution in [2.75, 3.05) is 12.3 Å². The third-order valence-corrected chi connectivity index (χ3v) is 4.42. The van der Waals surface area contributed by atoms with Gasteiger partial charge in [0.2, 0.25) is 0 Å². The molecule has 106 valence electrons. The number of hydrogen-bond acceptors (Lipinski definition) is 3. The van der Waals surface area contributed by atoms with Crippen LogP contribution in [0.3, 0.4) is 0 Å². The Kier molecular flexibility index (Phi) is 3.26. The molecule has 0 aliphatic carbocycles. The highest BCUT2D eigenvalue weighted by Crippen LogP contribution is 2.26. The number of fused-ring (bicyclic) bond motifs is 1. The highest BCUT2D eigenvalue weighted by Gasteiger charge is 2.20. The van der Waals surface area contributed by atoms with Crippen molar-refractivity contribution < 1.29 is 0 Å². The Labute approximate surface area is 120 Å². The molecular formula is C16H22N4. The zero-order valence-corrected chi connectivity index (χ0v) is 12.5. The van der Waals surface area contributed by atoms with Crippen molar-refractivity contribution in [3.8, 4) is 0 Å². The summed E-state index contributed by atoms with van der Waals surface area (Å²) >= 11 is 0. The Morgan fingerprint density at radius 3 is 2.80 bits per heavy atom. The van der Waals surface area contributed by atoms with Crippen LogP contribution in [0.4, 0.5) is 5.69 Å². The fraction of sp³-hybridized carbons (Fsp3) is 0.438. The predicted molar refractivity (Wildman–Crippen MR) is 81.4 cm³/mol. The first kappa shape index (κ1) is 13.2. The molecule has 0 fully saturated rings. The summed E-state index contributed by atoms with van der Waals surface area (Å²) in [5.41, 5.74) is 13.5. The number of rotatable bonds is 2. The van der Waals surface area contributed by atoms with E-state index in [0.717, 1.165) is 37.4 Å². The lowest BCUT2D eigenvalue weighted by Crippen LogP contribution is -2.30. The molecule has 2 aromatic rings.